The highest BCUT2D eigenvalue weighted by Crippen LogP contribution is 2.30. The summed E-state index contributed by atoms with van der Waals surface area (Å²) in [5.74, 6) is -0.228. The molecule has 0 spiro atoms. The first-order chi connectivity index (χ1) is 9.49. The number of aromatic nitrogens is 1. The van der Waals surface area contributed by atoms with E-state index in [4.69, 9.17) is 4.74 Å². The molecule has 1 aliphatic heterocycles. The number of benzene rings is 1. The van der Waals surface area contributed by atoms with Gasteiger partial charge in [-0.05, 0) is 44.0 Å². The molecule has 0 aliphatic carbocycles. The van der Waals surface area contributed by atoms with E-state index in [-0.39, 0.29) is 12.1 Å². The van der Waals surface area contributed by atoms with Gasteiger partial charge in [0.1, 0.15) is 0 Å². The quantitative estimate of drug-likeness (QED) is 0.855. The lowest BCUT2D eigenvalue weighted by atomic mass is 10.0. The van der Waals surface area contributed by atoms with E-state index < -0.39 is 0 Å². The summed E-state index contributed by atoms with van der Waals surface area (Å²) in [6.07, 6.45) is -0.103. The lowest BCUT2D eigenvalue weighted by molar-refractivity contribution is 0.0379. The summed E-state index contributed by atoms with van der Waals surface area (Å²) in [7, 11) is 2.00. The predicted octanol–water partition coefficient (Wildman–Crippen LogP) is 2.66. The molecule has 0 bridgehead atoms. The Morgan fingerprint density at radius 3 is 2.60 bits per heavy atom. The molecule has 3 rings (SSSR count). The molecule has 1 N–H and O–H groups in total. The Morgan fingerprint density at radius 2 is 1.95 bits per heavy atom. The van der Waals surface area contributed by atoms with Gasteiger partial charge in [0.05, 0.1) is 11.7 Å². The number of hydrogen-bond donors (Lipinski definition) is 1. The van der Waals surface area contributed by atoms with Crippen LogP contribution in [-0.2, 0) is 24.9 Å². The van der Waals surface area contributed by atoms with Crippen LogP contribution >= 0.6 is 0 Å². The third-order valence-electron chi connectivity index (χ3n) is 3.99. The van der Waals surface area contributed by atoms with Gasteiger partial charge in [-0.1, -0.05) is 0 Å². The number of rotatable bonds is 2. The van der Waals surface area contributed by atoms with Gasteiger partial charge >= 0.3 is 5.97 Å². The molecule has 0 fully saturated rings. The first-order valence-corrected chi connectivity index (χ1v) is 7.01. The lowest BCUT2D eigenvalue weighted by Gasteiger charge is -2.08. The van der Waals surface area contributed by atoms with Gasteiger partial charge in [-0.25, -0.2) is 4.79 Å². The van der Waals surface area contributed by atoms with Crippen LogP contribution in [0.15, 0.2) is 12.1 Å². The molecular formula is C16H20N2O2. The van der Waals surface area contributed by atoms with E-state index in [0.29, 0.717) is 5.56 Å². The minimum atomic E-state index is -0.228. The van der Waals surface area contributed by atoms with Crippen LogP contribution < -0.4 is 5.32 Å². The van der Waals surface area contributed by atoms with E-state index in [2.05, 4.69) is 22.0 Å². The summed E-state index contributed by atoms with van der Waals surface area (Å²) < 4.78 is 7.46. The van der Waals surface area contributed by atoms with E-state index in [1.807, 2.05) is 27.8 Å². The SMILES string of the molecule is Cc1c(C(=O)OC(C)C)c2cc3c(cc2n1C)CNC3. The van der Waals surface area contributed by atoms with Gasteiger partial charge in [-0.2, -0.15) is 0 Å². The fraction of sp³-hybridized carbons (Fsp3) is 0.438. The standard InChI is InChI=1S/C16H20N2O2/c1-9(2)20-16(19)15-10(3)18(4)14-6-12-8-17-7-11(12)5-13(14)15/h5-6,9,17H,7-8H2,1-4H3. The van der Waals surface area contributed by atoms with Crippen molar-refractivity contribution in [2.45, 2.75) is 40.0 Å². The van der Waals surface area contributed by atoms with Crippen molar-refractivity contribution in [3.05, 3.63) is 34.5 Å². The molecule has 1 aliphatic rings. The zero-order valence-corrected chi connectivity index (χ0v) is 12.4. The summed E-state index contributed by atoms with van der Waals surface area (Å²) in [6.45, 7) is 7.50. The van der Waals surface area contributed by atoms with Crippen LogP contribution in [0.3, 0.4) is 0 Å². The Hall–Kier alpha value is -1.81. The topological polar surface area (TPSA) is 43.3 Å². The lowest BCUT2D eigenvalue weighted by Crippen LogP contribution is -2.12. The van der Waals surface area contributed by atoms with E-state index in [1.54, 1.807) is 0 Å². The van der Waals surface area contributed by atoms with Crippen LogP contribution in [0.5, 0.6) is 0 Å². The second kappa shape index (κ2) is 4.63. The first-order valence-electron chi connectivity index (χ1n) is 7.01. The Morgan fingerprint density at radius 1 is 1.30 bits per heavy atom. The molecule has 4 nitrogen and oxygen atoms in total. The van der Waals surface area contributed by atoms with Gasteiger partial charge in [-0.3, -0.25) is 0 Å². The minimum absolute atomic E-state index is 0.103. The summed E-state index contributed by atoms with van der Waals surface area (Å²) in [6, 6.07) is 4.32. The zero-order chi connectivity index (χ0) is 14.4. The minimum Gasteiger partial charge on any atom is -0.459 e. The normalized spacial score (nSPS) is 14.1. The maximum absolute atomic E-state index is 12.4. The van der Waals surface area contributed by atoms with Gasteiger partial charge < -0.3 is 14.6 Å². The number of esters is 1. The Balaban J connectivity index is 2.21. The number of ether oxygens (including phenoxy) is 1. The van der Waals surface area contributed by atoms with E-state index in [1.165, 1.54) is 11.1 Å². The maximum atomic E-state index is 12.4. The number of fused-ring (bicyclic) bond motifs is 2. The predicted molar refractivity (Wildman–Crippen MR) is 78.8 cm³/mol. The molecule has 4 heteroatoms. The maximum Gasteiger partial charge on any atom is 0.340 e. The molecule has 0 amide bonds. The first kappa shape index (κ1) is 13.2. The molecule has 0 atom stereocenters. The third-order valence-corrected chi connectivity index (χ3v) is 3.99. The van der Waals surface area contributed by atoms with Crippen LogP contribution in [0.4, 0.5) is 0 Å². The monoisotopic (exact) mass is 272 g/mol. The zero-order valence-electron chi connectivity index (χ0n) is 12.4. The van der Waals surface area contributed by atoms with Gasteiger partial charge in [0.25, 0.3) is 0 Å². The van der Waals surface area contributed by atoms with Crippen molar-refractivity contribution >= 4 is 16.9 Å². The summed E-state index contributed by atoms with van der Waals surface area (Å²) in [4.78, 5) is 12.4. The van der Waals surface area contributed by atoms with Gasteiger partial charge in [0.2, 0.25) is 0 Å². The molecule has 0 radical (unpaired) electrons. The van der Waals surface area contributed by atoms with Crippen molar-refractivity contribution in [3.63, 3.8) is 0 Å². The van der Waals surface area contributed by atoms with Crippen LogP contribution in [0.1, 0.15) is 41.0 Å². The highest BCUT2D eigenvalue weighted by atomic mass is 16.5. The number of nitrogens with zero attached hydrogens (tertiary/aromatic N) is 1. The molecule has 2 aromatic rings. The van der Waals surface area contributed by atoms with Crippen molar-refractivity contribution in [2.24, 2.45) is 7.05 Å². The second-order valence-corrected chi connectivity index (χ2v) is 5.72. The average molecular weight is 272 g/mol. The molecule has 20 heavy (non-hydrogen) atoms. The highest BCUT2D eigenvalue weighted by Gasteiger charge is 2.23. The molecule has 1 aromatic carbocycles. The van der Waals surface area contributed by atoms with Crippen LogP contribution in [0, 0.1) is 6.92 Å². The molecule has 106 valence electrons. The summed E-state index contributed by atoms with van der Waals surface area (Å²) >= 11 is 0. The van der Waals surface area contributed by atoms with Crippen molar-refractivity contribution in [1.82, 2.24) is 9.88 Å². The third kappa shape index (κ3) is 1.91. The molecule has 1 aromatic heterocycles. The molecule has 0 saturated carbocycles. The Labute approximate surface area is 118 Å². The van der Waals surface area contributed by atoms with Crippen LogP contribution in [0.25, 0.3) is 10.9 Å². The van der Waals surface area contributed by atoms with Gasteiger partial charge in [0, 0.05) is 36.7 Å². The fourth-order valence-electron chi connectivity index (χ4n) is 2.89. The Bertz CT molecular complexity index is 698. The van der Waals surface area contributed by atoms with Crippen molar-refractivity contribution in [2.75, 3.05) is 0 Å². The largest absolute Gasteiger partial charge is 0.459 e. The molecule has 0 unspecified atom stereocenters. The van der Waals surface area contributed by atoms with Crippen LogP contribution in [-0.4, -0.2) is 16.6 Å². The van der Waals surface area contributed by atoms with E-state index in [0.717, 1.165) is 29.7 Å². The fourth-order valence-corrected chi connectivity index (χ4v) is 2.89. The number of nitrogens with one attached hydrogen (secondary N) is 1. The van der Waals surface area contributed by atoms with Crippen LogP contribution in [0.2, 0.25) is 0 Å². The highest BCUT2D eigenvalue weighted by molar-refractivity contribution is 6.06. The smallest absolute Gasteiger partial charge is 0.340 e. The molecule has 2 heterocycles. The van der Waals surface area contributed by atoms with E-state index in [9.17, 15) is 4.79 Å². The number of hydrogen-bond acceptors (Lipinski definition) is 3. The number of carbonyl (C=O) groups is 1. The number of aryl methyl sites for hydroxylation is 1. The van der Waals surface area contributed by atoms with Crippen molar-refractivity contribution in [3.8, 4) is 0 Å². The molecule has 0 saturated heterocycles. The Kier molecular flexibility index (Phi) is 3.05. The number of carbonyl (C=O) groups excluding carboxylic acids is 1. The second-order valence-electron chi connectivity index (χ2n) is 5.72. The average Bonchev–Trinajstić information content (AvgIpc) is 2.91. The van der Waals surface area contributed by atoms with E-state index >= 15 is 0 Å². The molecular weight excluding hydrogens is 252 g/mol. The van der Waals surface area contributed by atoms with Crippen molar-refractivity contribution < 1.29 is 9.53 Å². The summed E-state index contributed by atoms with van der Waals surface area (Å²) in [5.41, 5.74) is 5.36. The summed E-state index contributed by atoms with van der Waals surface area (Å²) in [5, 5.41) is 4.34. The van der Waals surface area contributed by atoms with Crippen molar-refractivity contribution in [1.29, 1.82) is 0 Å². The van der Waals surface area contributed by atoms with Gasteiger partial charge in [0.15, 0.2) is 0 Å². The van der Waals surface area contributed by atoms with Gasteiger partial charge in [-0.15, -0.1) is 0 Å².